The third-order valence-corrected chi connectivity index (χ3v) is 4.29. The highest BCUT2D eigenvalue weighted by atomic mass is 16.2. The zero-order valence-electron chi connectivity index (χ0n) is 11.5. The minimum Gasteiger partial charge on any atom is -0.342 e. The molecule has 1 saturated heterocycles. The summed E-state index contributed by atoms with van der Waals surface area (Å²) >= 11 is 0. The largest absolute Gasteiger partial charge is 0.342 e. The van der Waals surface area contributed by atoms with Gasteiger partial charge in [0.15, 0.2) is 0 Å². The monoisotopic (exact) mass is 258 g/mol. The molecule has 19 heavy (non-hydrogen) atoms. The molecule has 3 rings (SSSR count). The van der Waals surface area contributed by atoms with E-state index >= 15 is 0 Å². The van der Waals surface area contributed by atoms with Gasteiger partial charge in [0.1, 0.15) is 0 Å². The second kappa shape index (κ2) is 5.74. The van der Waals surface area contributed by atoms with Gasteiger partial charge in [0.2, 0.25) is 5.91 Å². The fourth-order valence-corrected chi connectivity index (χ4v) is 3.16. The molecule has 1 amide bonds. The Hall–Kier alpha value is -1.35. The topological polar surface area (TPSA) is 32.3 Å². The molecule has 3 heteroatoms. The van der Waals surface area contributed by atoms with Crippen LogP contribution < -0.4 is 5.32 Å². The lowest BCUT2D eigenvalue weighted by Gasteiger charge is -2.21. The average Bonchev–Trinajstić information content (AvgIpc) is 2.73. The van der Waals surface area contributed by atoms with Crippen molar-refractivity contribution in [3.8, 4) is 0 Å². The number of carbonyl (C=O) groups is 1. The molecule has 0 bridgehead atoms. The Labute approximate surface area is 115 Å². The van der Waals surface area contributed by atoms with Crippen molar-refractivity contribution in [2.24, 2.45) is 0 Å². The Bertz CT molecular complexity index is 462. The molecule has 1 fully saturated rings. The highest BCUT2D eigenvalue weighted by molar-refractivity contribution is 5.79. The number of hydrogen-bond acceptors (Lipinski definition) is 2. The first-order valence-electron chi connectivity index (χ1n) is 7.43. The molecule has 0 radical (unpaired) electrons. The fourth-order valence-electron chi connectivity index (χ4n) is 3.16. The molecule has 2 aliphatic rings. The van der Waals surface area contributed by atoms with Crippen molar-refractivity contribution >= 4 is 5.91 Å². The van der Waals surface area contributed by atoms with Gasteiger partial charge in [0.05, 0.1) is 6.42 Å². The van der Waals surface area contributed by atoms with Gasteiger partial charge >= 0.3 is 0 Å². The summed E-state index contributed by atoms with van der Waals surface area (Å²) in [4.78, 5) is 14.5. The molecule has 1 N–H and O–H groups in total. The van der Waals surface area contributed by atoms with Crippen molar-refractivity contribution in [2.75, 3.05) is 13.1 Å². The van der Waals surface area contributed by atoms with Gasteiger partial charge in [-0.25, -0.2) is 0 Å². The van der Waals surface area contributed by atoms with E-state index in [0.717, 1.165) is 26.2 Å². The molecule has 102 valence electrons. The van der Waals surface area contributed by atoms with Crippen LogP contribution in [0.15, 0.2) is 18.2 Å². The molecule has 0 aliphatic carbocycles. The normalized spacial score (nSPS) is 19.1. The van der Waals surface area contributed by atoms with Crippen LogP contribution in [-0.2, 0) is 24.3 Å². The Morgan fingerprint density at radius 1 is 1.11 bits per heavy atom. The van der Waals surface area contributed by atoms with Gasteiger partial charge in [-0.15, -0.1) is 0 Å². The first kappa shape index (κ1) is 12.7. The number of amides is 1. The second-order valence-electron chi connectivity index (χ2n) is 5.63. The van der Waals surface area contributed by atoms with Crippen LogP contribution in [0, 0.1) is 0 Å². The summed E-state index contributed by atoms with van der Waals surface area (Å²) in [6.45, 7) is 3.76. The molecular formula is C16H22N2O. The predicted molar refractivity (Wildman–Crippen MR) is 75.7 cm³/mol. The first-order chi connectivity index (χ1) is 9.34. The molecule has 0 unspecified atom stereocenters. The third-order valence-electron chi connectivity index (χ3n) is 4.29. The molecule has 0 saturated carbocycles. The van der Waals surface area contributed by atoms with E-state index in [1.165, 1.54) is 42.4 Å². The van der Waals surface area contributed by atoms with Gasteiger partial charge in [0.25, 0.3) is 0 Å². The smallest absolute Gasteiger partial charge is 0.227 e. The number of nitrogens with one attached hydrogen (secondary N) is 1. The van der Waals surface area contributed by atoms with Gasteiger partial charge in [-0.1, -0.05) is 31.0 Å². The minimum atomic E-state index is 0.308. The van der Waals surface area contributed by atoms with Crippen molar-refractivity contribution in [3.63, 3.8) is 0 Å². The van der Waals surface area contributed by atoms with Gasteiger partial charge in [-0.2, -0.15) is 0 Å². The van der Waals surface area contributed by atoms with Gasteiger partial charge in [-0.3, -0.25) is 4.79 Å². The number of hydrogen-bond donors (Lipinski definition) is 1. The minimum absolute atomic E-state index is 0.308. The van der Waals surface area contributed by atoms with Gasteiger partial charge < -0.3 is 10.2 Å². The van der Waals surface area contributed by atoms with Crippen LogP contribution >= 0.6 is 0 Å². The van der Waals surface area contributed by atoms with E-state index in [0.29, 0.717) is 12.3 Å². The van der Waals surface area contributed by atoms with Gasteiger partial charge in [0, 0.05) is 26.2 Å². The average molecular weight is 258 g/mol. The van der Waals surface area contributed by atoms with Crippen molar-refractivity contribution in [2.45, 2.75) is 45.2 Å². The molecular weight excluding hydrogens is 236 g/mol. The summed E-state index contributed by atoms with van der Waals surface area (Å²) in [6, 6.07) is 6.35. The van der Waals surface area contributed by atoms with E-state index in [4.69, 9.17) is 0 Å². The molecule has 3 nitrogen and oxygen atoms in total. The van der Waals surface area contributed by atoms with Crippen LogP contribution in [0.2, 0.25) is 0 Å². The Kier molecular flexibility index (Phi) is 3.83. The maximum atomic E-state index is 12.4. The summed E-state index contributed by atoms with van der Waals surface area (Å²) in [5, 5.41) is 3.37. The SMILES string of the molecule is O=C(Cc1cccc2c1CNC2)N1CCCCCC1. The Balaban J connectivity index is 1.71. The molecule has 0 atom stereocenters. The maximum absolute atomic E-state index is 12.4. The number of nitrogens with zero attached hydrogens (tertiary/aromatic N) is 1. The van der Waals surface area contributed by atoms with E-state index in [2.05, 4.69) is 28.4 Å². The lowest BCUT2D eigenvalue weighted by Crippen LogP contribution is -2.33. The van der Waals surface area contributed by atoms with Crippen LogP contribution in [-0.4, -0.2) is 23.9 Å². The highest BCUT2D eigenvalue weighted by Crippen LogP contribution is 2.21. The van der Waals surface area contributed by atoms with Crippen molar-refractivity contribution in [1.82, 2.24) is 10.2 Å². The number of likely N-dealkylation sites (tertiary alicyclic amines) is 1. The molecule has 0 aromatic heterocycles. The summed E-state index contributed by atoms with van der Waals surface area (Å²) < 4.78 is 0. The lowest BCUT2D eigenvalue weighted by atomic mass is 10.0. The molecule has 1 aromatic carbocycles. The molecule has 1 aromatic rings. The molecule has 2 aliphatic heterocycles. The molecule has 2 heterocycles. The third kappa shape index (κ3) is 2.81. The lowest BCUT2D eigenvalue weighted by molar-refractivity contribution is -0.130. The first-order valence-corrected chi connectivity index (χ1v) is 7.43. The predicted octanol–water partition coefficient (Wildman–Crippen LogP) is 2.23. The number of rotatable bonds is 2. The van der Waals surface area contributed by atoms with Gasteiger partial charge in [-0.05, 0) is 29.5 Å². The van der Waals surface area contributed by atoms with Crippen LogP contribution in [0.25, 0.3) is 0 Å². The molecule has 0 spiro atoms. The van der Waals surface area contributed by atoms with Crippen LogP contribution in [0.1, 0.15) is 42.4 Å². The maximum Gasteiger partial charge on any atom is 0.227 e. The van der Waals surface area contributed by atoms with E-state index in [-0.39, 0.29) is 0 Å². The standard InChI is InChI=1S/C16H22N2O/c19-16(18-8-3-1-2-4-9-18)10-13-6-5-7-14-11-17-12-15(13)14/h5-7,17H,1-4,8-12H2. The Morgan fingerprint density at radius 2 is 1.89 bits per heavy atom. The van der Waals surface area contributed by atoms with Crippen LogP contribution in [0.3, 0.4) is 0 Å². The van der Waals surface area contributed by atoms with E-state index < -0.39 is 0 Å². The highest BCUT2D eigenvalue weighted by Gasteiger charge is 2.19. The summed E-state index contributed by atoms with van der Waals surface area (Å²) in [5.41, 5.74) is 3.93. The number of benzene rings is 1. The Morgan fingerprint density at radius 3 is 2.68 bits per heavy atom. The number of fused-ring (bicyclic) bond motifs is 1. The number of carbonyl (C=O) groups excluding carboxylic acids is 1. The zero-order chi connectivity index (χ0) is 13.1. The summed E-state index contributed by atoms with van der Waals surface area (Å²) in [6.07, 6.45) is 5.45. The summed E-state index contributed by atoms with van der Waals surface area (Å²) in [7, 11) is 0. The van der Waals surface area contributed by atoms with Crippen molar-refractivity contribution < 1.29 is 4.79 Å². The van der Waals surface area contributed by atoms with E-state index in [1.54, 1.807) is 0 Å². The quantitative estimate of drug-likeness (QED) is 0.882. The van der Waals surface area contributed by atoms with Crippen molar-refractivity contribution in [1.29, 1.82) is 0 Å². The zero-order valence-corrected chi connectivity index (χ0v) is 11.5. The van der Waals surface area contributed by atoms with Crippen LogP contribution in [0.5, 0.6) is 0 Å². The van der Waals surface area contributed by atoms with E-state index in [1.807, 2.05) is 0 Å². The van der Waals surface area contributed by atoms with Crippen LogP contribution in [0.4, 0.5) is 0 Å². The van der Waals surface area contributed by atoms with Crippen molar-refractivity contribution in [3.05, 3.63) is 34.9 Å². The second-order valence-corrected chi connectivity index (χ2v) is 5.63. The van der Waals surface area contributed by atoms with E-state index in [9.17, 15) is 4.79 Å². The summed E-state index contributed by atoms with van der Waals surface area (Å²) in [5.74, 6) is 0.308. The fraction of sp³-hybridized carbons (Fsp3) is 0.562.